The van der Waals surface area contributed by atoms with Crippen molar-refractivity contribution in [2.45, 2.75) is 63.7 Å². The van der Waals surface area contributed by atoms with E-state index in [-0.39, 0.29) is 11.9 Å². The van der Waals surface area contributed by atoms with Crippen molar-refractivity contribution in [3.63, 3.8) is 0 Å². The molecule has 0 radical (unpaired) electrons. The van der Waals surface area contributed by atoms with Gasteiger partial charge in [-0.15, -0.1) is 5.10 Å². The maximum atomic E-state index is 11.6. The van der Waals surface area contributed by atoms with Crippen molar-refractivity contribution >= 4 is 17.7 Å². The molecular formula is C13H25N5OS. The topological polar surface area (TPSA) is 96.7 Å². The molecule has 4 N–H and O–H groups in total. The maximum Gasteiger partial charge on any atom is 0.237 e. The van der Waals surface area contributed by atoms with E-state index >= 15 is 0 Å². The summed E-state index contributed by atoms with van der Waals surface area (Å²) in [5.41, 5.74) is 4.87. The normalized spacial score (nSPS) is 14.4. The maximum absolute atomic E-state index is 11.6. The molecule has 1 aromatic rings. The van der Waals surface area contributed by atoms with E-state index in [9.17, 15) is 4.79 Å². The van der Waals surface area contributed by atoms with Gasteiger partial charge in [0.05, 0.1) is 5.54 Å². The molecule has 0 aliphatic carbocycles. The monoisotopic (exact) mass is 299 g/mol. The van der Waals surface area contributed by atoms with Crippen LogP contribution in [0.25, 0.3) is 0 Å². The predicted molar refractivity (Wildman–Crippen MR) is 81.6 cm³/mol. The summed E-state index contributed by atoms with van der Waals surface area (Å²) >= 11 is 1.62. The second-order valence-electron chi connectivity index (χ2n) is 5.50. The van der Waals surface area contributed by atoms with Crippen LogP contribution in [0.2, 0.25) is 0 Å². The number of rotatable bonds is 9. The van der Waals surface area contributed by atoms with E-state index in [1.165, 1.54) is 0 Å². The third kappa shape index (κ3) is 5.50. The van der Waals surface area contributed by atoms with Crippen LogP contribution in [0.1, 0.15) is 45.9 Å². The number of aryl methyl sites for hydroxylation is 1. The smallest absolute Gasteiger partial charge is 0.237 e. The highest BCUT2D eigenvalue weighted by atomic mass is 32.2. The molecule has 0 fully saturated rings. The van der Waals surface area contributed by atoms with E-state index in [2.05, 4.69) is 20.5 Å². The fourth-order valence-corrected chi connectivity index (χ4v) is 2.88. The zero-order valence-electron chi connectivity index (χ0n) is 12.7. The molecule has 0 saturated carbocycles. The Bertz CT molecular complexity index is 434. The number of nitrogens with zero attached hydrogens (tertiary/aromatic N) is 2. The van der Waals surface area contributed by atoms with Crippen LogP contribution in [0, 0.1) is 6.92 Å². The van der Waals surface area contributed by atoms with Gasteiger partial charge < -0.3 is 11.1 Å². The van der Waals surface area contributed by atoms with Crippen LogP contribution >= 0.6 is 11.8 Å². The van der Waals surface area contributed by atoms with Gasteiger partial charge in [-0.2, -0.15) is 0 Å². The van der Waals surface area contributed by atoms with Crippen molar-refractivity contribution in [1.82, 2.24) is 20.5 Å². The minimum absolute atomic E-state index is 0.234. The van der Waals surface area contributed by atoms with Crippen LogP contribution in [0.15, 0.2) is 5.16 Å². The van der Waals surface area contributed by atoms with Crippen LogP contribution in [0.4, 0.5) is 0 Å². The third-order valence-electron chi connectivity index (χ3n) is 3.03. The van der Waals surface area contributed by atoms with E-state index in [1.54, 1.807) is 11.8 Å². The van der Waals surface area contributed by atoms with Crippen molar-refractivity contribution in [2.75, 3.05) is 5.75 Å². The lowest BCUT2D eigenvalue weighted by Crippen LogP contribution is -2.55. The summed E-state index contributed by atoms with van der Waals surface area (Å²) in [5.74, 6) is 1.48. The van der Waals surface area contributed by atoms with Crippen LogP contribution in [-0.4, -0.2) is 38.4 Å². The highest BCUT2D eigenvalue weighted by Gasteiger charge is 2.30. The summed E-state index contributed by atoms with van der Waals surface area (Å²) in [6, 6.07) is 0.234. The molecule has 0 aromatic carbocycles. The van der Waals surface area contributed by atoms with Crippen LogP contribution in [-0.2, 0) is 4.79 Å². The quantitative estimate of drug-likeness (QED) is 0.475. The first-order valence-electron chi connectivity index (χ1n) is 6.93. The Kier molecular flexibility index (Phi) is 6.48. The number of thioether (sulfide) groups is 1. The minimum Gasteiger partial charge on any atom is -0.368 e. The lowest BCUT2D eigenvalue weighted by atomic mass is 9.93. The Balaban J connectivity index is 2.29. The van der Waals surface area contributed by atoms with Gasteiger partial charge in [-0.25, -0.2) is 4.98 Å². The minimum atomic E-state index is -0.625. The molecule has 1 aromatic heterocycles. The van der Waals surface area contributed by atoms with Gasteiger partial charge in [0.15, 0.2) is 0 Å². The molecule has 20 heavy (non-hydrogen) atoms. The number of hydrogen-bond acceptors (Lipinski definition) is 5. The standard InChI is InChI=1S/C13H25N5OS/c1-9(2)16-13(4,11(14)19)7-5-6-8-20-12-15-10(3)17-18-12/h9,16H,5-8H2,1-4H3,(H2,14,19)(H,15,17,18). The van der Waals surface area contributed by atoms with Crippen molar-refractivity contribution in [2.24, 2.45) is 5.73 Å². The summed E-state index contributed by atoms with van der Waals surface area (Å²) in [4.78, 5) is 15.8. The molecule has 0 bridgehead atoms. The summed E-state index contributed by atoms with van der Waals surface area (Å²) in [7, 11) is 0. The van der Waals surface area contributed by atoms with Gasteiger partial charge in [0.1, 0.15) is 5.82 Å². The van der Waals surface area contributed by atoms with E-state index < -0.39 is 5.54 Å². The number of nitrogens with one attached hydrogen (secondary N) is 2. The first-order valence-corrected chi connectivity index (χ1v) is 7.91. The predicted octanol–water partition coefficient (Wildman–Crippen LogP) is 1.62. The van der Waals surface area contributed by atoms with E-state index in [1.807, 2.05) is 27.7 Å². The molecule has 1 rings (SSSR count). The van der Waals surface area contributed by atoms with E-state index in [4.69, 9.17) is 5.73 Å². The van der Waals surface area contributed by atoms with Gasteiger partial charge in [0.25, 0.3) is 0 Å². The van der Waals surface area contributed by atoms with Crippen LogP contribution < -0.4 is 11.1 Å². The Morgan fingerprint density at radius 2 is 2.20 bits per heavy atom. The van der Waals surface area contributed by atoms with Gasteiger partial charge in [-0.1, -0.05) is 18.2 Å². The average Bonchev–Trinajstić information content (AvgIpc) is 2.73. The van der Waals surface area contributed by atoms with Crippen LogP contribution in [0.3, 0.4) is 0 Å². The molecule has 1 heterocycles. The Labute approximate surface area is 124 Å². The fraction of sp³-hybridized carbons (Fsp3) is 0.769. The molecule has 114 valence electrons. The number of aromatic nitrogens is 3. The molecule has 1 unspecified atom stereocenters. The second kappa shape index (κ2) is 7.64. The SMILES string of the molecule is Cc1nc(SCCCCC(C)(NC(C)C)C(N)=O)n[nH]1. The molecule has 1 atom stereocenters. The Morgan fingerprint density at radius 1 is 1.50 bits per heavy atom. The number of hydrogen-bond donors (Lipinski definition) is 3. The van der Waals surface area contributed by atoms with E-state index in [0.29, 0.717) is 0 Å². The highest BCUT2D eigenvalue weighted by Crippen LogP contribution is 2.18. The number of aromatic amines is 1. The first kappa shape index (κ1) is 17.0. The summed E-state index contributed by atoms with van der Waals surface area (Å²) in [6.45, 7) is 7.79. The molecule has 0 spiro atoms. The molecular weight excluding hydrogens is 274 g/mol. The van der Waals surface area contributed by atoms with Gasteiger partial charge in [0.2, 0.25) is 11.1 Å². The molecule has 0 saturated heterocycles. The number of primary amides is 1. The average molecular weight is 299 g/mol. The zero-order chi connectivity index (χ0) is 15.2. The lowest BCUT2D eigenvalue weighted by molar-refractivity contribution is -0.124. The van der Waals surface area contributed by atoms with E-state index in [0.717, 1.165) is 36.0 Å². The van der Waals surface area contributed by atoms with Gasteiger partial charge in [0, 0.05) is 11.8 Å². The van der Waals surface area contributed by atoms with Gasteiger partial charge in [-0.05, 0) is 40.5 Å². The number of unbranched alkanes of at least 4 members (excludes halogenated alkanes) is 1. The lowest BCUT2D eigenvalue weighted by Gasteiger charge is -2.29. The van der Waals surface area contributed by atoms with Crippen molar-refractivity contribution in [3.05, 3.63) is 5.82 Å². The third-order valence-corrected chi connectivity index (χ3v) is 3.96. The number of carbonyl (C=O) groups is 1. The number of carbonyl (C=O) groups excluding carboxylic acids is 1. The van der Waals surface area contributed by atoms with Crippen molar-refractivity contribution in [1.29, 1.82) is 0 Å². The zero-order valence-corrected chi connectivity index (χ0v) is 13.5. The van der Waals surface area contributed by atoms with Gasteiger partial charge >= 0.3 is 0 Å². The molecule has 7 heteroatoms. The highest BCUT2D eigenvalue weighted by molar-refractivity contribution is 7.99. The summed E-state index contributed by atoms with van der Waals surface area (Å²) < 4.78 is 0. The number of nitrogens with two attached hydrogens (primary N) is 1. The molecule has 0 aliphatic rings. The second-order valence-corrected chi connectivity index (χ2v) is 6.57. The molecule has 1 amide bonds. The Hall–Kier alpha value is -1.08. The number of amides is 1. The van der Waals surface area contributed by atoms with Crippen LogP contribution in [0.5, 0.6) is 0 Å². The Morgan fingerprint density at radius 3 is 2.70 bits per heavy atom. The summed E-state index contributed by atoms with van der Waals surface area (Å²) in [5, 5.41) is 10.9. The van der Waals surface area contributed by atoms with Gasteiger partial charge in [-0.3, -0.25) is 9.89 Å². The molecule has 6 nitrogen and oxygen atoms in total. The largest absolute Gasteiger partial charge is 0.368 e. The van der Waals surface area contributed by atoms with Crippen molar-refractivity contribution < 1.29 is 4.79 Å². The molecule has 0 aliphatic heterocycles. The van der Waals surface area contributed by atoms with Crippen molar-refractivity contribution in [3.8, 4) is 0 Å². The fourth-order valence-electron chi connectivity index (χ4n) is 2.03. The summed E-state index contributed by atoms with van der Waals surface area (Å²) in [6.07, 6.45) is 2.69. The number of H-pyrrole nitrogens is 1. The first-order chi connectivity index (χ1) is 9.33.